The second-order valence-electron chi connectivity index (χ2n) is 4.31. The lowest BCUT2D eigenvalue weighted by atomic mass is 9.89. The predicted molar refractivity (Wildman–Crippen MR) is 58.2 cm³/mol. The zero-order valence-corrected chi connectivity index (χ0v) is 9.29. The molecule has 0 saturated carbocycles. The molecule has 3 nitrogen and oxygen atoms in total. The summed E-state index contributed by atoms with van der Waals surface area (Å²) in [7, 11) is 0. The maximum Gasteiger partial charge on any atom is 0.220 e. The molecule has 0 aromatic carbocycles. The quantitative estimate of drug-likeness (QED) is 0.686. The Morgan fingerprint density at radius 3 is 3.27 bits per heavy atom. The number of hydrogen-bond donors (Lipinski definition) is 1. The van der Waals surface area contributed by atoms with Gasteiger partial charge in [-0.1, -0.05) is 18.5 Å². The monoisotopic (exact) mass is 224 g/mol. The van der Waals surface area contributed by atoms with E-state index in [0.29, 0.717) is 23.0 Å². The molecular formula is C11H13ClN2O. The topological polar surface area (TPSA) is 34.2 Å². The second-order valence-corrected chi connectivity index (χ2v) is 4.70. The van der Waals surface area contributed by atoms with Crippen molar-refractivity contribution < 1.29 is 4.74 Å². The van der Waals surface area contributed by atoms with Gasteiger partial charge in [0.05, 0.1) is 6.04 Å². The smallest absolute Gasteiger partial charge is 0.220 e. The van der Waals surface area contributed by atoms with Gasteiger partial charge in [-0.05, 0) is 31.0 Å². The second kappa shape index (κ2) is 3.35. The predicted octanol–water partition coefficient (Wildman–Crippen LogP) is 2.17. The van der Waals surface area contributed by atoms with Crippen LogP contribution >= 0.6 is 11.6 Å². The van der Waals surface area contributed by atoms with Crippen LogP contribution in [0.4, 0.5) is 0 Å². The number of halogens is 1. The number of rotatable bonds is 0. The minimum atomic E-state index is 0.222. The molecule has 1 N–H and O–H groups in total. The van der Waals surface area contributed by atoms with E-state index in [1.165, 1.54) is 0 Å². The van der Waals surface area contributed by atoms with Gasteiger partial charge in [-0.3, -0.25) is 0 Å². The third-order valence-electron chi connectivity index (χ3n) is 3.29. The lowest BCUT2D eigenvalue weighted by Crippen LogP contribution is -2.42. The number of hydrogen-bond acceptors (Lipinski definition) is 3. The zero-order chi connectivity index (χ0) is 10.4. The van der Waals surface area contributed by atoms with Crippen LogP contribution in [0.15, 0.2) is 12.1 Å². The van der Waals surface area contributed by atoms with E-state index >= 15 is 0 Å². The highest BCUT2D eigenvalue weighted by atomic mass is 35.5. The Balaban J connectivity index is 2.00. The molecule has 0 spiro atoms. The molecule has 0 bridgehead atoms. The van der Waals surface area contributed by atoms with Crippen LogP contribution < -0.4 is 10.1 Å². The fourth-order valence-corrected chi connectivity index (χ4v) is 2.57. The normalized spacial score (nSPS) is 33.1. The summed E-state index contributed by atoms with van der Waals surface area (Å²) in [6.07, 6.45) is 1.38. The molecule has 0 unspecified atom stereocenters. The van der Waals surface area contributed by atoms with Crippen molar-refractivity contribution >= 4 is 11.6 Å². The molecule has 15 heavy (non-hydrogen) atoms. The van der Waals surface area contributed by atoms with Crippen LogP contribution in [0.2, 0.25) is 5.15 Å². The molecule has 0 radical (unpaired) electrons. The summed E-state index contributed by atoms with van der Waals surface area (Å²) in [6.45, 7) is 3.28. The van der Waals surface area contributed by atoms with Crippen molar-refractivity contribution in [2.75, 3.05) is 6.54 Å². The number of piperidine rings is 1. The first kappa shape index (κ1) is 9.43. The minimum absolute atomic E-state index is 0.222. The van der Waals surface area contributed by atoms with Gasteiger partial charge in [0.15, 0.2) is 0 Å². The van der Waals surface area contributed by atoms with Crippen LogP contribution in [-0.4, -0.2) is 17.6 Å². The van der Waals surface area contributed by atoms with E-state index in [-0.39, 0.29) is 6.10 Å². The number of pyridine rings is 1. The van der Waals surface area contributed by atoms with E-state index in [2.05, 4.69) is 17.2 Å². The van der Waals surface area contributed by atoms with E-state index in [4.69, 9.17) is 16.3 Å². The highest BCUT2D eigenvalue weighted by molar-refractivity contribution is 6.29. The van der Waals surface area contributed by atoms with E-state index in [9.17, 15) is 0 Å². The van der Waals surface area contributed by atoms with Gasteiger partial charge in [0, 0.05) is 5.56 Å². The Labute approximate surface area is 93.8 Å². The van der Waals surface area contributed by atoms with Crippen molar-refractivity contribution in [2.24, 2.45) is 5.92 Å². The largest absolute Gasteiger partial charge is 0.472 e. The molecule has 2 aliphatic heterocycles. The van der Waals surface area contributed by atoms with E-state index in [1.54, 1.807) is 0 Å². The van der Waals surface area contributed by atoms with Crippen molar-refractivity contribution in [1.29, 1.82) is 0 Å². The molecule has 1 aromatic rings. The Morgan fingerprint density at radius 2 is 2.40 bits per heavy atom. The number of nitrogens with one attached hydrogen (secondary N) is 1. The first-order chi connectivity index (χ1) is 7.25. The van der Waals surface area contributed by atoms with Crippen LogP contribution in [0, 0.1) is 5.92 Å². The summed E-state index contributed by atoms with van der Waals surface area (Å²) >= 11 is 5.85. The maximum absolute atomic E-state index is 5.85. The van der Waals surface area contributed by atoms with Crippen molar-refractivity contribution in [3.8, 4) is 5.88 Å². The van der Waals surface area contributed by atoms with E-state index in [0.717, 1.165) is 18.5 Å². The SMILES string of the molecule is C[C@H]1CCN[C@H]2c3ccc(Cl)nc3O[C@@H]12. The lowest BCUT2D eigenvalue weighted by Gasteiger charge is -2.30. The summed E-state index contributed by atoms with van der Waals surface area (Å²) < 4.78 is 5.85. The summed E-state index contributed by atoms with van der Waals surface area (Å²) in [4.78, 5) is 4.22. The minimum Gasteiger partial charge on any atom is -0.472 e. The van der Waals surface area contributed by atoms with Gasteiger partial charge in [-0.2, -0.15) is 0 Å². The van der Waals surface area contributed by atoms with Gasteiger partial charge in [-0.15, -0.1) is 0 Å². The van der Waals surface area contributed by atoms with Crippen LogP contribution in [0.25, 0.3) is 0 Å². The van der Waals surface area contributed by atoms with Crippen molar-refractivity contribution in [1.82, 2.24) is 10.3 Å². The molecule has 0 amide bonds. The van der Waals surface area contributed by atoms with Crippen LogP contribution in [-0.2, 0) is 0 Å². The zero-order valence-electron chi connectivity index (χ0n) is 8.53. The van der Waals surface area contributed by atoms with Gasteiger partial charge < -0.3 is 10.1 Å². The van der Waals surface area contributed by atoms with Crippen molar-refractivity contribution in [2.45, 2.75) is 25.5 Å². The molecule has 2 aliphatic rings. The van der Waals surface area contributed by atoms with Crippen LogP contribution in [0.3, 0.4) is 0 Å². The van der Waals surface area contributed by atoms with Gasteiger partial charge in [0.2, 0.25) is 5.88 Å². The van der Waals surface area contributed by atoms with E-state index in [1.807, 2.05) is 12.1 Å². The summed E-state index contributed by atoms with van der Waals surface area (Å²) in [5.41, 5.74) is 1.15. The van der Waals surface area contributed by atoms with Crippen LogP contribution in [0.1, 0.15) is 24.9 Å². The van der Waals surface area contributed by atoms with E-state index < -0.39 is 0 Å². The highest BCUT2D eigenvalue weighted by Gasteiger charge is 2.40. The molecule has 0 aliphatic carbocycles. The molecular weight excluding hydrogens is 212 g/mol. The first-order valence-electron chi connectivity index (χ1n) is 5.32. The molecule has 1 saturated heterocycles. The van der Waals surface area contributed by atoms with Crippen molar-refractivity contribution in [3.63, 3.8) is 0 Å². The molecule has 3 rings (SSSR count). The molecule has 1 aromatic heterocycles. The Morgan fingerprint density at radius 1 is 1.53 bits per heavy atom. The standard InChI is InChI=1S/C11H13ClN2O/c1-6-4-5-13-9-7-2-3-8(12)14-11(7)15-10(6)9/h2-3,6,9-10,13H,4-5H2,1H3/t6-,9-,10-/m0/s1. The van der Waals surface area contributed by atoms with Gasteiger partial charge >= 0.3 is 0 Å². The highest BCUT2D eigenvalue weighted by Crippen LogP contribution is 2.41. The number of ether oxygens (including phenoxy) is 1. The van der Waals surface area contributed by atoms with Gasteiger partial charge in [-0.25, -0.2) is 4.98 Å². The van der Waals surface area contributed by atoms with Gasteiger partial charge in [0.25, 0.3) is 0 Å². The van der Waals surface area contributed by atoms with Crippen molar-refractivity contribution in [3.05, 3.63) is 22.8 Å². The third-order valence-corrected chi connectivity index (χ3v) is 3.50. The fourth-order valence-electron chi connectivity index (χ4n) is 2.44. The first-order valence-corrected chi connectivity index (χ1v) is 5.70. The average molecular weight is 225 g/mol. The summed E-state index contributed by atoms with van der Waals surface area (Å²) in [5, 5.41) is 3.98. The lowest BCUT2D eigenvalue weighted by molar-refractivity contribution is 0.0980. The average Bonchev–Trinajstić information content (AvgIpc) is 2.57. The number of fused-ring (bicyclic) bond motifs is 3. The molecule has 80 valence electrons. The summed E-state index contributed by atoms with van der Waals surface area (Å²) in [6, 6.07) is 4.14. The molecule has 4 heteroatoms. The number of aromatic nitrogens is 1. The van der Waals surface area contributed by atoms with Gasteiger partial charge in [0.1, 0.15) is 11.3 Å². The Bertz CT molecular complexity index is 396. The molecule has 3 atom stereocenters. The molecule has 3 heterocycles. The Hall–Kier alpha value is -0.800. The fraction of sp³-hybridized carbons (Fsp3) is 0.545. The molecule has 1 fully saturated rings. The third kappa shape index (κ3) is 1.42. The Kier molecular flexibility index (Phi) is 2.11. The maximum atomic E-state index is 5.85. The summed E-state index contributed by atoms with van der Waals surface area (Å²) in [5.74, 6) is 1.28. The number of nitrogens with zero attached hydrogens (tertiary/aromatic N) is 1. The van der Waals surface area contributed by atoms with Crippen LogP contribution in [0.5, 0.6) is 5.88 Å².